The molecule has 0 radical (unpaired) electrons. The number of hydrogen-bond acceptors (Lipinski definition) is 1. The molecule has 3 rings (SSSR count). The van der Waals surface area contributed by atoms with Crippen LogP contribution < -0.4 is 0 Å². The quantitative estimate of drug-likeness (QED) is 0.892. The molecule has 1 aromatic carbocycles. The Labute approximate surface area is 117 Å². The topological polar surface area (TPSA) is 36.1 Å². The van der Waals surface area contributed by atoms with Crippen molar-refractivity contribution in [3.63, 3.8) is 0 Å². The normalized spacial score (nSPS) is 19.1. The molecule has 0 unspecified atom stereocenters. The van der Waals surface area contributed by atoms with E-state index in [1.165, 1.54) is 12.1 Å². The number of likely N-dealkylation sites (tertiary alicyclic amines) is 1. The SMILES string of the molecule is O=C(c1ccc[nH]1)N1CCCC[C@@H]1c1ccc(F)cc1. The highest BCUT2D eigenvalue weighted by Crippen LogP contribution is 2.31. The molecular weight excluding hydrogens is 255 g/mol. The zero-order valence-corrected chi connectivity index (χ0v) is 11.2. The van der Waals surface area contributed by atoms with Gasteiger partial charge < -0.3 is 9.88 Å². The van der Waals surface area contributed by atoms with Crippen LogP contribution >= 0.6 is 0 Å². The van der Waals surface area contributed by atoms with E-state index < -0.39 is 0 Å². The summed E-state index contributed by atoms with van der Waals surface area (Å²) in [6.07, 6.45) is 4.79. The second kappa shape index (κ2) is 5.49. The van der Waals surface area contributed by atoms with Crippen molar-refractivity contribution in [3.05, 3.63) is 59.7 Å². The first-order chi connectivity index (χ1) is 9.75. The Morgan fingerprint density at radius 3 is 2.70 bits per heavy atom. The van der Waals surface area contributed by atoms with Gasteiger partial charge in [-0.15, -0.1) is 0 Å². The molecule has 1 aromatic heterocycles. The molecule has 0 bridgehead atoms. The molecule has 4 heteroatoms. The third-order valence-corrected chi connectivity index (χ3v) is 3.85. The molecule has 1 atom stereocenters. The van der Waals surface area contributed by atoms with Crippen molar-refractivity contribution >= 4 is 5.91 Å². The van der Waals surface area contributed by atoms with E-state index in [1.807, 2.05) is 11.0 Å². The molecule has 2 aromatic rings. The van der Waals surface area contributed by atoms with E-state index in [1.54, 1.807) is 24.4 Å². The lowest BCUT2D eigenvalue weighted by molar-refractivity contribution is 0.0606. The molecule has 0 saturated carbocycles. The summed E-state index contributed by atoms with van der Waals surface area (Å²) in [5.41, 5.74) is 1.62. The van der Waals surface area contributed by atoms with Crippen molar-refractivity contribution in [3.8, 4) is 0 Å². The van der Waals surface area contributed by atoms with Crippen molar-refractivity contribution in [2.75, 3.05) is 6.54 Å². The minimum absolute atomic E-state index is 0.0176. The molecule has 0 spiro atoms. The van der Waals surface area contributed by atoms with Crippen LogP contribution in [0.1, 0.15) is 41.4 Å². The predicted molar refractivity (Wildman–Crippen MR) is 74.8 cm³/mol. The second-order valence-electron chi connectivity index (χ2n) is 5.15. The van der Waals surface area contributed by atoms with Gasteiger partial charge in [-0.3, -0.25) is 4.79 Å². The summed E-state index contributed by atoms with van der Waals surface area (Å²) in [6, 6.07) is 10.1. The van der Waals surface area contributed by atoms with Crippen molar-refractivity contribution in [2.45, 2.75) is 25.3 Å². The molecule has 2 heterocycles. The smallest absolute Gasteiger partial charge is 0.270 e. The van der Waals surface area contributed by atoms with Gasteiger partial charge in [-0.1, -0.05) is 12.1 Å². The molecule has 0 aliphatic carbocycles. The van der Waals surface area contributed by atoms with Crippen LogP contribution in [0.25, 0.3) is 0 Å². The molecule has 1 aliphatic rings. The third-order valence-electron chi connectivity index (χ3n) is 3.85. The zero-order chi connectivity index (χ0) is 13.9. The number of nitrogens with zero attached hydrogens (tertiary/aromatic N) is 1. The lowest BCUT2D eigenvalue weighted by Crippen LogP contribution is -2.38. The van der Waals surface area contributed by atoms with Gasteiger partial charge in [-0.05, 0) is 49.1 Å². The van der Waals surface area contributed by atoms with Gasteiger partial charge in [-0.25, -0.2) is 4.39 Å². The second-order valence-corrected chi connectivity index (χ2v) is 5.15. The van der Waals surface area contributed by atoms with Crippen LogP contribution in [0, 0.1) is 5.82 Å². The monoisotopic (exact) mass is 272 g/mol. The molecular formula is C16H17FN2O. The van der Waals surface area contributed by atoms with Crippen LogP contribution in [0.3, 0.4) is 0 Å². The molecule has 1 amide bonds. The van der Waals surface area contributed by atoms with E-state index in [-0.39, 0.29) is 17.8 Å². The zero-order valence-electron chi connectivity index (χ0n) is 11.2. The molecule has 1 saturated heterocycles. The molecule has 1 N–H and O–H groups in total. The van der Waals surface area contributed by atoms with Crippen LogP contribution in [0.4, 0.5) is 4.39 Å². The Hall–Kier alpha value is -2.10. The van der Waals surface area contributed by atoms with Crippen LogP contribution in [0.2, 0.25) is 0 Å². The van der Waals surface area contributed by atoms with Gasteiger partial charge in [0.15, 0.2) is 0 Å². The number of hydrogen-bond donors (Lipinski definition) is 1. The number of carbonyl (C=O) groups excluding carboxylic acids is 1. The van der Waals surface area contributed by atoms with E-state index in [9.17, 15) is 9.18 Å². The molecule has 1 aliphatic heterocycles. The van der Waals surface area contributed by atoms with Crippen molar-refractivity contribution in [1.82, 2.24) is 9.88 Å². The summed E-state index contributed by atoms with van der Waals surface area (Å²) in [7, 11) is 0. The number of nitrogens with one attached hydrogen (secondary N) is 1. The Morgan fingerprint density at radius 2 is 2.00 bits per heavy atom. The molecule has 20 heavy (non-hydrogen) atoms. The van der Waals surface area contributed by atoms with Gasteiger partial charge in [0.05, 0.1) is 6.04 Å². The average Bonchev–Trinajstić information content (AvgIpc) is 3.02. The summed E-state index contributed by atoms with van der Waals surface area (Å²) in [5, 5.41) is 0. The Balaban J connectivity index is 1.87. The van der Waals surface area contributed by atoms with Gasteiger partial charge in [0, 0.05) is 12.7 Å². The molecule has 1 fully saturated rings. The summed E-state index contributed by atoms with van der Waals surface area (Å²) >= 11 is 0. The van der Waals surface area contributed by atoms with E-state index in [4.69, 9.17) is 0 Å². The first kappa shape index (κ1) is 12.9. The highest BCUT2D eigenvalue weighted by molar-refractivity contribution is 5.92. The first-order valence-corrected chi connectivity index (χ1v) is 6.95. The maximum Gasteiger partial charge on any atom is 0.270 e. The average molecular weight is 272 g/mol. The molecule has 104 valence electrons. The van der Waals surface area contributed by atoms with Crippen LogP contribution in [-0.2, 0) is 0 Å². The van der Waals surface area contributed by atoms with Crippen molar-refractivity contribution in [1.29, 1.82) is 0 Å². The number of H-pyrrole nitrogens is 1. The number of halogens is 1. The van der Waals surface area contributed by atoms with Crippen molar-refractivity contribution in [2.24, 2.45) is 0 Å². The summed E-state index contributed by atoms with van der Waals surface area (Å²) < 4.78 is 13.0. The van der Waals surface area contributed by atoms with Gasteiger partial charge in [-0.2, -0.15) is 0 Å². The lowest BCUT2D eigenvalue weighted by atomic mass is 9.95. The Morgan fingerprint density at radius 1 is 1.20 bits per heavy atom. The minimum atomic E-state index is -0.244. The fourth-order valence-electron chi connectivity index (χ4n) is 2.82. The van der Waals surface area contributed by atoms with Gasteiger partial charge >= 0.3 is 0 Å². The number of benzene rings is 1. The van der Waals surface area contributed by atoms with Gasteiger partial charge in [0.2, 0.25) is 0 Å². The molecule has 3 nitrogen and oxygen atoms in total. The fraction of sp³-hybridized carbons (Fsp3) is 0.312. The van der Waals surface area contributed by atoms with E-state index in [0.29, 0.717) is 5.69 Å². The number of carbonyl (C=O) groups is 1. The first-order valence-electron chi connectivity index (χ1n) is 6.95. The van der Waals surface area contributed by atoms with Crippen molar-refractivity contribution < 1.29 is 9.18 Å². The highest BCUT2D eigenvalue weighted by Gasteiger charge is 2.28. The summed E-state index contributed by atoms with van der Waals surface area (Å²) in [5.74, 6) is -0.226. The Bertz CT molecular complexity index is 577. The van der Waals surface area contributed by atoms with Gasteiger partial charge in [0.25, 0.3) is 5.91 Å². The Kier molecular flexibility index (Phi) is 3.54. The van der Waals surface area contributed by atoms with Crippen LogP contribution in [-0.4, -0.2) is 22.3 Å². The fourth-order valence-corrected chi connectivity index (χ4v) is 2.82. The van der Waals surface area contributed by atoms with Crippen LogP contribution in [0.15, 0.2) is 42.6 Å². The van der Waals surface area contributed by atoms with Crippen LogP contribution in [0.5, 0.6) is 0 Å². The maximum absolute atomic E-state index is 13.0. The van der Waals surface area contributed by atoms with E-state index in [2.05, 4.69) is 4.98 Å². The van der Waals surface area contributed by atoms with E-state index >= 15 is 0 Å². The largest absolute Gasteiger partial charge is 0.357 e. The van der Waals surface area contributed by atoms with E-state index in [0.717, 1.165) is 31.4 Å². The lowest BCUT2D eigenvalue weighted by Gasteiger charge is -2.36. The standard InChI is InChI=1S/C16H17FN2O/c17-13-8-6-12(7-9-13)15-5-1-2-11-19(15)16(20)14-4-3-10-18-14/h3-4,6-10,15,18H,1-2,5,11H2/t15-/m1/s1. The number of rotatable bonds is 2. The highest BCUT2D eigenvalue weighted by atomic mass is 19.1. The number of aromatic amines is 1. The number of piperidine rings is 1. The predicted octanol–water partition coefficient (Wildman–Crippen LogP) is 3.52. The number of amides is 1. The summed E-state index contributed by atoms with van der Waals surface area (Å²) in [4.78, 5) is 17.4. The van der Waals surface area contributed by atoms with Gasteiger partial charge in [0.1, 0.15) is 11.5 Å². The summed E-state index contributed by atoms with van der Waals surface area (Å²) in [6.45, 7) is 0.750. The maximum atomic E-state index is 13.0. The number of aromatic nitrogens is 1. The minimum Gasteiger partial charge on any atom is -0.357 e. The third kappa shape index (κ3) is 2.46.